The molecular formula is C13H15N3O4. The largest absolute Gasteiger partial charge is 0.478 e. The molecule has 0 spiro atoms. The fourth-order valence-corrected chi connectivity index (χ4v) is 2.02. The Labute approximate surface area is 114 Å². The number of hydrogen-bond acceptors (Lipinski definition) is 4. The Morgan fingerprint density at radius 2 is 2.05 bits per heavy atom. The molecule has 7 heteroatoms. The zero-order valence-corrected chi connectivity index (χ0v) is 11.2. The van der Waals surface area contributed by atoms with E-state index in [0.29, 0.717) is 12.1 Å². The number of nitrogens with one attached hydrogen (secondary N) is 1. The van der Waals surface area contributed by atoms with Gasteiger partial charge in [-0.05, 0) is 26.2 Å². The molecule has 1 heterocycles. The van der Waals surface area contributed by atoms with Gasteiger partial charge in [0.15, 0.2) is 0 Å². The fraction of sp³-hybridized carbons (Fsp3) is 0.308. The summed E-state index contributed by atoms with van der Waals surface area (Å²) >= 11 is 0. The number of carbonyl (C=O) groups is 1. The van der Waals surface area contributed by atoms with Gasteiger partial charge >= 0.3 is 17.1 Å². The van der Waals surface area contributed by atoms with Crippen LogP contribution in [0.5, 0.6) is 0 Å². The first-order valence-electron chi connectivity index (χ1n) is 6.05. The smallest absolute Gasteiger partial charge is 0.337 e. The summed E-state index contributed by atoms with van der Waals surface area (Å²) in [5, 5.41) is 9.23. The quantitative estimate of drug-likeness (QED) is 0.764. The van der Waals surface area contributed by atoms with Gasteiger partial charge in [0, 0.05) is 13.1 Å². The Balaban J connectivity index is 2.80. The molecule has 0 amide bonds. The molecule has 2 aromatic rings. The molecule has 1 aromatic heterocycles. The van der Waals surface area contributed by atoms with Crippen LogP contribution in [0.2, 0.25) is 0 Å². The van der Waals surface area contributed by atoms with E-state index in [9.17, 15) is 19.5 Å². The maximum atomic E-state index is 12.0. The molecule has 0 aliphatic rings. The monoisotopic (exact) mass is 277 g/mol. The molecule has 0 saturated carbocycles. The summed E-state index contributed by atoms with van der Waals surface area (Å²) in [5.74, 6) is -1.14. The molecule has 0 saturated heterocycles. The molecule has 106 valence electrons. The van der Waals surface area contributed by atoms with E-state index >= 15 is 0 Å². The zero-order valence-electron chi connectivity index (χ0n) is 11.2. The number of rotatable bonds is 4. The third-order valence-corrected chi connectivity index (χ3v) is 2.99. The van der Waals surface area contributed by atoms with Gasteiger partial charge in [-0.2, -0.15) is 0 Å². The van der Waals surface area contributed by atoms with Crippen LogP contribution in [0.15, 0.2) is 27.8 Å². The van der Waals surface area contributed by atoms with E-state index < -0.39 is 17.1 Å². The topological polar surface area (TPSA) is 95.4 Å². The van der Waals surface area contributed by atoms with Gasteiger partial charge in [0.25, 0.3) is 0 Å². The predicted molar refractivity (Wildman–Crippen MR) is 74.3 cm³/mol. The van der Waals surface area contributed by atoms with E-state index in [1.54, 1.807) is 6.07 Å². The summed E-state index contributed by atoms with van der Waals surface area (Å²) in [7, 11) is 3.66. The van der Waals surface area contributed by atoms with Crippen molar-refractivity contribution in [1.82, 2.24) is 14.5 Å². The van der Waals surface area contributed by atoms with Crippen LogP contribution < -0.4 is 11.1 Å². The average molecular weight is 277 g/mol. The highest BCUT2D eigenvalue weighted by molar-refractivity contribution is 6.00. The van der Waals surface area contributed by atoms with Crippen LogP contribution in [0.3, 0.4) is 0 Å². The summed E-state index contributed by atoms with van der Waals surface area (Å²) in [6, 6.07) is 4.52. The number of likely N-dealkylation sites (N-methyl/N-ethyl adjacent to an activating group) is 1. The highest BCUT2D eigenvalue weighted by Gasteiger charge is 2.15. The first-order chi connectivity index (χ1) is 9.41. The van der Waals surface area contributed by atoms with E-state index in [1.807, 2.05) is 19.0 Å². The molecule has 0 aliphatic carbocycles. The lowest BCUT2D eigenvalue weighted by Gasteiger charge is -2.14. The van der Waals surface area contributed by atoms with Crippen molar-refractivity contribution in [3.8, 4) is 0 Å². The van der Waals surface area contributed by atoms with Crippen LogP contribution in [-0.2, 0) is 6.54 Å². The lowest BCUT2D eigenvalue weighted by molar-refractivity contribution is 0.0698. The number of para-hydroxylation sites is 1. The highest BCUT2D eigenvalue weighted by Crippen LogP contribution is 2.14. The van der Waals surface area contributed by atoms with E-state index in [2.05, 4.69) is 4.98 Å². The fourth-order valence-electron chi connectivity index (χ4n) is 2.02. The first kappa shape index (κ1) is 14.0. The van der Waals surface area contributed by atoms with Crippen molar-refractivity contribution >= 4 is 17.0 Å². The minimum atomic E-state index is -1.14. The van der Waals surface area contributed by atoms with Crippen molar-refractivity contribution < 1.29 is 9.90 Å². The molecule has 0 fully saturated rings. The van der Waals surface area contributed by atoms with Crippen LogP contribution in [0.4, 0.5) is 0 Å². The number of carboxylic acid groups (broad SMARTS) is 1. The van der Waals surface area contributed by atoms with Crippen molar-refractivity contribution in [3.05, 3.63) is 44.5 Å². The van der Waals surface area contributed by atoms with Gasteiger partial charge in [-0.15, -0.1) is 0 Å². The second-order valence-corrected chi connectivity index (χ2v) is 4.72. The average Bonchev–Trinajstić information content (AvgIpc) is 2.38. The number of fused-ring (bicyclic) bond motifs is 1. The standard InChI is InChI=1S/C13H15N3O4/c1-15(2)6-7-16-10-8(13(19)20)4-3-5-9(10)14-11(17)12(16)18/h3-5H,6-7H2,1-2H3,(H,14,17)(H,19,20). The Morgan fingerprint density at radius 1 is 1.35 bits per heavy atom. The number of aromatic nitrogens is 2. The van der Waals surface area contributed by atoms with E-state index in [1.165, 1.54) is 16.7 Å². The summed E-state index contributed by atoms with van der Waals surface area (Å²) in [6.45, 7) is 0.767. The SMILES string of the molecule is CN(C)CCn1c(=O)c(=O)[nH]c2cccc(C(=O)O)c21. The van der Waals surface area contributed by atoms with Crippen molar-refractivity contribution in [3.63, 3.8) is 0 Å². The van der Waals surface area contributed by atoms with Gasteiger partial charge < -0.3 is 15.0 Å². The molecular weight excluding hydrogens is 262 g/mol. The minimum absolute atomic E-state index is 0.00499. The number of nitrogens with zero attached hydrogens (tertiary/aromatic N) is 2. The molecule has 0 aliphatic heterocycles. The number of benzene rings is 1. The predicted octanol–water partition coefficient (Wildman–Crippen LogP) is -0.0504. The molecule has 0 unspecified atom stereocenters. The second kappa shape index (κ2) is 5.30. The van der Waals surface area contributed by atoms with Crippen LogP contribution >= 0.6 is 0 Å². The van der Waals surface area contributed by atoms with E-state index in [-0.39, 0.29) is 17.6 Å². The highest BCUT2D eigenvalue weighted by atomic mass is 16.4. The van der Waals surface area contributed by atoms with Gasteiger partial charge in [-0.3, -0.25) is 14.2 Å². The maximum Gasteiger partial charge on any atom is 0.337 e. The number of aromatic amines is 1. The number of carboxylic acids is 1. The van der Waals surface area contributed by atoms with Gasteiger partial charge in [0.2, 0.25) is 0 Å². The molecule has 0 radical (unpaired) electrons. The van der Waals surface area contributed by atoms with Crippen molar-refractivity contribution in [2.45, 2.75) is 6.54 Å². The third kappa shape index (κ3) is 2.48. The lowest BCUT2D eigenvalue weighted by Crippen LogP contribution is -2.38. The zero-order chi connectivity index (χ0) is 14.9. The maximum absolute atomic E-state index is 12.0. The van der Waals surface area contributed by atoms with Crippen LogP contribution in [0.1, 0.15) is 10.4 Å². The molecule has 2 N–H and O–H groups in total. The Kier molecular flexibility index (Phi) is 3.71. The van der Waals surface area contributed by atoms with Crippen molar-refractivity contribution in [2.75, 3.05) is 20.6 Å². The van der Waals surface area contributed by atoms with Gasteiger partial charge in [0.05, 0.1) is 16.6 Å². The van der Waals surface area contributed by atoms with Crippen LogP contribution in [0.25, 0.3) is 11.0 Å². The number of H-pyrrole nitrogens is 1. The molecule has 7 nitrogen and oxygen atoms in total. The Hall–Kier alpha value is -2.41. The van der Waals surface area contributed by atoms with Crippen molar-refractivity contribution in [2.24, 2.45) is 0 Å². The summed E-state index contributed by atoms with van der Waals surface area (Å²) in [5.41, 5.74) is -0.916. The summed E-state index contributed by atoms with van der Waals surface area (Å²) in [4.78, 5) is 39.2. The molecule has 20 heavy (non-hydrogen) atoms. The Bertz CT molecular complexity index is 773. The van der Waals surface area contributed by atoms with Crippen LogP contribution in [0, 0.1) is 0 Å². The molecule has 0 bridgehead atoms. The molecule has 0 atom stereocenters. The molecule has 2 rings (SSSR count). The third-order valence-electron chi connectivity index (χ3n) is 2.99. The van der Waals surface area contributed by atoms with E-state index in [0.717, 1.165) is 0 Å². The van der Waals surface area contributed by atoms with Gasteiger partial charge in [0.1, 0.15) is 0 Å². The number of aromatic carboxylic acids is 1. The summed E-state index contributed by atoms with van der Waals surface area (Å²) in [6.07, 6.45) is 0. The van der Waals surface area contributed by atoms with Crippen molar-refractivity contribution in [1.29, 1.82) is 0 Å². The number of hydrogen-bond donors (Lipinski definition) is 2. The van der Waals surface area contributed by atoms with Gasteiger partial charge in [-0.25, -0.2) is 4.79 Å². The first-order valence-corrected chi connectivity index (χ1v) is 6.05. The van der Waals surface area contributed by atoms with E-state index in [4.69, 9.17) is 0 Å². The molecule has 1 aromatic carbocycles. The minimum Gasteiger partial charge on any atom is -0.478 e. The van der Waals surface area contributed by atoms with Crippen LogP contribution in [-0.4, -0.2) is 46.2 Å². The summed E-state index contributed by atoms with van der Waals surface area (Å²) < 4.78 is 1.22. The van der Waals surface area contributed by atoms with Gasteiger partial charge in [-0.1, -0.05) is 6.07 Å². The lowest BCUT2D eigenvalue weighted by atomic mass is 10.1. The second-order valence-electron chi connectivity index (χ2n) is 4.72. The normalized spacial score (nSPS) is 11.2. The Morgan fingerprint density at radius 3 is 2.65 bits per heavy atom.